The van der Waals surface area contributed by atoms with Gasteiger partial charge in [-0.3, -0.25) is 9.69 Å². The summed E-state index contributed by atoms with van der Waals surface area (Å²) in [6.45, 7) is 3.68. The lowest BCUT2D eigenvalue weighted by Gasteiger charge is -2.33. The summed E-state index contributed by atoms with van der Waals surface area (Å²) in [5.74, 6) is 0.180. The van der Waals surface area contributed by atoms with Gasteiger partial charge in [-0.05, 0) is 49.7 Å². The van der Waals surface area contributed by atoms with E-state index in [2.05, 4.69) is 29.2 Å². The van der Waals surface area contributed by atoms with Gasteiger partial charge < -0.3 is 15.7 Å². The summed E-state index contributed by atoms with van der Waals surface area (Å²) in [5.41, 5.74) is 8.86. The molecule has 1 heterocycles. The van der Waals surface area contributed by atoms with E-state index in [1.165, 1.54) is 11.1 Å². The summed E-state index contributed by atoms with van der Waals surface area (Å²) >= 11 is 0. The predicted octanol–water partition coefficient (Wildman–Crippen LogP) is 1.18. The Balaban J connectivity index is 1.33. The lowest BCUT2D eigenvalue weighted by atomic mass is 9.83. The Bertz CT molecular complexity index is 625. The molecule has 3 N–H and O–H groups in total. The van der Waals surface area contributed by atoms with Crippen LogP contribution in [-0.2, 0) is 17.6 Å². The first-order valence-electron chi connectivity index (χ1n) is 10.1. The van der Waals surface area contributed by atoms with E-state index in [0.717, 1.165) is 58.3 Å². The monoisotopic (exact) mass is 357 g/mol. The number of carbonyl (C=O) groups excluding carboxylic acids is 1. The zero-order valence-corrected chi connectivity index (χ0v) is 15.5. The van der Waals surface area contributed by atoms with Crippen LogP contribution >= 0.6 is 0 Å². The predicted molar refractivity (Wildman–Crippen MR) is 102 cm³/mol. The molecule has 1 saturated heterocycles. The van der Waals surface area contributed by atoms with Crippen molar-refractivity contribution in [3.8, 4) is 0 Å². The van der Waals surface area contributed by atoms with E-state index in [0.29, 0.717) is 12.5 Å². The van der Waals surface area contributed by atoms with Crippen molar-refractivity contribution in [3.63, 3.8) is 0 Å². The number of nitrogens with two attached hydrogens (primary N) is 1. The highest BCUT2D eigenvalue weighted by Gasteiger charge is 2.34. The second kappa shape index (κ2) is 7.67. The minimum Gasteiger partial charge on any atom is -0.391 e. The number of hydrogen-bond donors (Lipinski definition) is 2. The lowest BCUT2D eigenvalue weighted by Crippen LogP contribution is -2.46. The number of hydrogen-bond acceptors (Lipinski definition) is 4. The van der Waals surface area contributed by atoms with Crippen molar-refractivity contribution in [2.75, 3.05) is 26.2 Å². The quantitative estimate of drug-likeness (QED) is 0.834. The first-order chi connectivity index (χ1) is 12.6. The summed E-state index contributed by atoms with van der Waals surface area (Å²) in [5, 5.41) is 10.0. The molecule has 5 heteroatoms. The van der Waals surface area contributed by atoms with Gasteiger partial charge in [0.05, 0.1) is 6.10 Å². The topological polar surface area (TPSA) is 69.8 Å². The Morgan fingerprint density at radius 1 is 1.04 bits per heavy atom. The number of nitrogens with zero attached hydrogens (tertiary/aromatic N) is 2. The van der Waals surface area contributed by atoms with Crippen molar-refractivity contribution in [2.45, 2.75) is 56.7 Å². The van der Waals surface area contributed by atoms with Crippen LogP contribution in [-0.4, -0.2) is 65.2 Å². The summed E-state index contributed by atoms with van der Waals surface area (Å²) in [6, 6.07) is 9.19. The summed E-state index contributed by atoms with van der Waals surface area (Å²) in [4.78, 5) is 17.5. The SMILES string of the molecule is N[C@@H]1CC[C@H](C(=O)N2CCCN(C3Cc4ccccc4C3)CC2)C[C@H]1O. The van der Waals surface area contributed by atoms with Crippen LogP contribution in [0.3, 0.4) is 0 Å². The number of benzene rings is 1. The maximum atomic E-state index is 12.9. The van der Waals surface area contributed by atoms with Crippen LogP contribution in [0.5, 0.6) is 0 Å². The molecule has 3 aliphatic rings. The third-order valence-corrected chi connectivity index (χ3v) is 6.61. The van der Waals surface area contributed by atoms with Gasteiger partial charge in [-0.2, -0.15) is 0 Å². The summed E-state index contributed by atoms with van der Waals surface area (Å²) in [6.07, 6.45) is 4.87. The second-order valence-corrected chi connectivity index (χ2v) is 8.29. The largest absolute Gasteiger partial charge is 0.391 e. The number of rotatable bonds is 2. The van der Waals surface area contributed by atoms with Gasteiger partial charge >= 0.3 is 0 Å². The molecule has 0 bridgehead atoms. The molecule has 26 heavy (non-hydrogen) atoms. The van der Waals surface area contributed by atoms with E-state index in [9.17, 15) is 9.90 Å². The fraction of sp³-hybridized carbons (Fsp3) is 0.667. The molecule has 2 fully saturated rings. The first kappa shape index (κ1) is 18.0. The number of aliphatic hydroxyl groups excluding tert-OH is 1. The van der Waals surface area contributed by atoms with E-state index >= 15 is 0 Å². The maximum absolute atomic E-state index is 12.9. The van der Waals surface area contributed by atoms with E-state index in [1.807, 2.05) is 4.90 Å². The molecule has 0 unspecified atom stereocenters. The zero-order chi connectivity index (χ0) is 18.1. The van der Waals surface area contributed by atoms with E-state index in [-0.39, 0.29) is 17.9 Å². The minimum atomic E-state index is -0.529. The average Bonchev–Trinajstić information content (AvgIpc) is 2.93. The number of fused-ring (bicyclic) bond motifs is 1. The van der Waals surface area contributed by atoms with E-state index < -0.39 is 6.10 Å². The zero-order valence-electron chi connectivity index (χ0n) is 15.5. The molecule has 1 aromatic carbocycles. The fourth-order valence-corrected chi connectivity index (χ4v) is 4.97. The molecule has 0 aromatic heterocycles. The van der Waals surface area contributed by atoms with Crippen LogP contribution in [0.25, 0.3) is 0 Å². The molecule has 1 aliphatic heterocycles. The summed E-state index contributed by atoms with van der Waals surface area (Å²) < 4.78 is 0. The molecular weight excluding hydrogens is 326 g/mol. The van der Waals surface area contributed by atoms with Crippen LogP contribution in [0.2, 0.25) is 0 Å². The smallest absolute Gasteiger partial charge is 0.225 e. The normalized spacial score (nSPS) is 30.8. The van der Waals surface area contributed by atoms with Crippen LogP contribution < -0.4 is 5.73 Å². The third kappa shape index (κ3) is 3.66. The Morgan fingerprint density at radius 3 is 2.46 bits per heavy atom. The van der Waals surface area contributed by atoms with Gasteiger partial charge in [0.1, 0.15) is 0 Å². The van der Waals surface area contributed by atoms with Gasteiger partial charge in [0.15, 0.2) is 0 Å². The molecule has 5 nitrogen and oxygen atoms in total. The van der Waals surface area contributed by atoms with Gasteiger partial charge in [0.2, 0.25) is 5.91 Å². The Morgan fingerprint density at radius 2 is 1.77 bits per heavy atom. The molecule has 0 radical (unpaired) electrons. The highest BCUT2D eigenvalue weighted by Crippen LogP contribution is 2.28. The van der Waals surface area contributed by atoms with E-state index in [4.69, 9.17) is 5.73 Å². The number of carbonyl (C=O) groups is 1. The third-order valence-electron chi connectivity index (χ3n) is 6.61. The molecule has 1 amide bonds. The molecular formula is C21H31N3O2. The van der Waals surface area contributed by atoms with Gasteiger partial charge in [-0.25, -0.2) is 0 Å². The van der Waals surface area contributed by atoms with Crippen molar-refractivity contribution in [2.24, 2.45) is 11.7 Å². The Hall–Kier alpha value is -1.43. The molecule has 3 atom stereocenters. The van der Waals surface area contributed by atoms with Gasteiger partial charge in [-0.15, -0.1) is 0 Å². The van der Waals surface area contributed by atoms with Crippen molar-refractivity contribution in [3.05, 3.63) is 35.4 Å². The van der Waals surface area contributed by atoms with Crippen molar-refractivity contribution in [1.29, 1.82) is 0 Å². The lowest BCUT2D eigenvalue weighted by molar-refractivity contribution is -0.138. The van der Waals surface area contributed by atoms with Gasteiger partial charge in [-0.1, -0.05) is 24.3 Å². The van der Waals surface area contributed by atoms with Crippen LogP contribution in [0.4, 0.5) is 0 Å². The maximum Gasteiger partial charge on any atom is 0.225 e. The van der Waals surface area contributed by atoms with Crippen molar-refractivity contribution in [1.82, 2.24) is 9.80 Å². The van der Waals surface area contributed by atoms with Gasteiger partial charge in [0.25, 0.3) is 0 Å². The Kier molecular flexibility index (Phi) is 5.30. The molecule has 1 aromatic rings. The molecule has 2 aliphatic carbocycles. The molecule has 0 spiro atoms. The van der Waals surface area contributed by atoms with E-state index in [1.54, 1.807) is 0 Å². The van der Waals surface area contributed by atoms with Crippen LogP contribution in [0, 0.1) is 5.92 Å². The van der Waals surface area contributed by atoms with Crippen molar-refractivity contribution < 1.29 is 9.90 Å². The first-order valence-corrected chi connectivity index (χ1v) is 10.1. The number of aliphatic hydroxyl groups is 1. The van der Waals surface area contributed by atoms with Crippen LogP contribution in [0.1, 0.15) is 36.8 Å². The molecule has 4 rings (SSSR count). The standard InChI is InChI=1S/C21H31N3O2/c22-19-7-6-17(14-20(19)25)21(26)24-9-3-8-23(10-11-24)18-12-15-4-1-2-5-16(15)13-18/h1-2,4-5,17-20,25H,3,6-14,22H2/t17-,19+,20+/m0/s1. The Labute approximate surface area is 156 Å². The average molecular weight is 357 g/mol. The van der Waals surface area contributed by atoms with Crippen molar-refractivity contribution >= 4 is 5.91 Å². The second-order valence-electron chi connectivity index (χ2n) is 8.29. The molecule has 142 valence electrons. The molecule has 1 saturated carbocycles. The number of amides is 1. The highest BCUT2D eigenvalue weighted by atomic mass is 16.3. The van der Waals surface area contributed by atoms with Gasteiger partial charge in [0, 0.05) is 44.2 Å². The fourth-order valence-electron chi connectivity index (χ4n) is 4.97. The van der Waals surface area contributed by atoms with Crippen LogP contribution in [0.15, 0.2) is 24.3 Å². The minimum absolute atomic E-state index is 0.0490. The summed E-state index contributed by atoms with van der Waals surface area (Å²) in [7, 11) is 0. The highest BCUT2D eigenvalue weighted by molar-refractivity contribution is 5.79.